The van der Waals surface area contributed by atoms with Gasteiger partial charge in [-0.25, -0.2) is 9.13 Å². The second-order valence-corrected chi connectivity index (χ2v) is 2.91. The van der Waals surface area contributed by atoms with E-state index in [0.29, 0.717) is 13.0 Å². The quantitative estimate of drug-likeness (QED) is 0.611. The Morgan fingerprint density at radius 1 is 1.62 bits per heavy atom. The maximum absolute atomic E-state index is 9.09. The summed E-state index contributed by atoms with van der Waals surface area (Å²) in [4.78, 5) is 0. The van der Waals surface area contributed by atoms with Crippen LogP contribution in [0.2, 0.25) is 0 Å². The summed E-state index contributed by atoms with van der Waals surface area (Å²) < 4.78 is 3.76. The van der Waals surface area contributed by atoms with Gasteiger partial charge in [-0.3, -0.25) is 0 Å². The number of hydrogen-bond acceptors (Lipinski definition) is 2. The Bertz CT molecular complexity index is 270. The number of nitrogens with zero attached hydrogens (tertiary/aromatic N) is 2. The van der Waals surface area contributed by atoms with Crippen LogP contribution in [-0.4, -0.2) is 27.5 Å². The molecule has 0 amide bonds. The Labute approximate surface area is 77.4 Å². The molecule has 13 heavy (non-hydrogen) atoms. The molecular weight excluding hydrogens is 168 g/mol. The van der Waals surface area contributed by atoms with Gasteiger partial charge in [0, 0.05) is 6.42 Å². The highest BCUT2D eigenvalue weighted by atomic mass is 16.3. The van der Waals surface area contributed by atoms with Crippen LogP contribution in [0.3, 0.4) is 0 Å². The number of aromatic nitrogens is 2. The van der Waals surface area contributed by atoms with Crippen molar-refractivity contribution >= 4 is 6.20 Å². The summed E-state index contributed by atoms with van der Waals surface area (Å²) in [5.41, 5.74) is 0. The molecule has 0 fully saturated rings. The monoisotopic (exact) mass is 183 g/mol. The van der Waals surface area contributed by atoms with Crippen molar-refractivity contribution in [2.24, 2.45) is 0 Å². The SMILES string of the molecule is C=Cn1cc[n+](CCC(O)CO)c1. The highest BCUT2D eigenvalue weighted by Gasteiger charge is 2.05. The van der Waals surface area contributed by atoms with Crippen molar-refractivity contribution < 1.29 is 14.8 Å². The van der Waals surface area contributed by atoms with Crippen LogP contribution in [0.25, 0.3) is 6.20 Å². The van der Waals surface area contributed by atoms with E-state index in [1.165, 1.54) is 0 Å². The summed E-state index contributed by atoms with van der Waals surface area (Å²) in [5, 5.41) is 17.7. The molecule has 0 aliphatic carbocycles. The van der Waals surface area contributed by atoms with E-state index in [1.807, 2.05) is 27.9 Å². The Hall–Kier alpha value is -1.13. The second-order valence-electron chi connectivity index (χ2n) is 2.91. The van der Waals surface area contributed by atoms with Crippen molar-refractivity contribution in [2.75, 3.05) is 6.61 Å². The topological polar surface area (TPSA) is 49.3 Å². The van der Waals surface area contributed by atoms with Gasteiger partial charge in [-0.15, -0.1) is 0 Å². The smallest absolute Gasteiger partial charge is 0.248 e. The van der Waals surface area contributed by atoms with Crippen LogP contribution in [-0.2, 0) is 6.54 Å². The number of hydrogen-bond donors (Lipinski definition) is 2. The molecule has 1 aromatic heterocycles. The molecule has 2 N–H and O–H groups in total. The van der Waals surface area contributed by atoms with Crippen molar-refractivity contribution in [1.82, 2.24) is 4.57 Å². The van der Waals surface area contributed by atoms with Crippen LogP contribution in [0.5, 0.6) is 0 Å². The van der Waals surface area contributed by atoms with Gasteiger partial charge in [0.1, 0.15) is 12.4 Å². The molecule has 0 spiro atoms. The number of aryl methyl sites for hydroxylation is 1. The lowest BCUT2D eigenvalue weighted by Crippen LogP contribution is -2.33. The van der Waals surface area contributed by atoms with Gasteiger partial charge in [0.05, 0.1) is 25.5 Å². The highest BCUT2D eigenvalue weighted by molar-refractivity contribution is 5.12. The van der Waals surface area contributed by atoms with E-state index >= 15 is 0 Å². The van der Waals surface area contributed by atoms with Gasteiger partial charge >= 0.3 is 0 Å². The van der Waals surface area contributed by atoms with E-state index in [-0.39, 0.29) is 6.61 Å². The zero-order valence-corrected chi connectivity index (χ0v) is 7.50. The molecule has 0 saturated heterocycles. The van der Waals surface area contributed by atoms with Crippen LogP contribution in [0.4, 0.5) is 0 Å². The molecule has 0 aliphatic heterocycles. The van der Waals surface area contributed by atoms with Gasteiger partial charge in [0.2, 0.25) is 6.33 Å². The number of rotatable bonds is 5. The Morgan fingerprint density at radius 3 is 2.92 bits per heavy atom. The minimum atomic E-state index is -0.625. The zero-order valence-electron chi connectivity index (χ0n) is 7.50. The van der Waals surface area contributed by atoms with Crippen molar-refractivity contribution in [3.05, 3.63) is 25.3 Å². The molecule has 72 valence electrons. The largest absolute Gasteiger partial charge is 0.394 e. The van der Waals surface area contributed by atoms with Gasteiger partial charge < -0.3 is 10.2 Å². The lowest BCUT2D eigenvalue weighted by molar-refractivity contribution is -0.697. The average molecular weight is 183 g/mol. The number of aliphatic hydroxyl groups is 2. The van der Waals surface area contributed by atoms with Crippen LogP contribution >= 0.6 is 0 Å². The second kappa shape index (κ2) is 4.79. The van der Waals surface area contributed by atoms with E-state index < -0.39 is 6.10 Å². The highest BCUT2D eigenvalue weighted by Crippen LogP contribution is 1.90. The first-order valence-electron chi connectivity index (χ1n) is 4.24. The van der Waals surface area contributed by atoms with E-state index in [4.69, 9.17) is 10.2 Å². The molecule has 0 aromatic carbocycles. The Kier molecular flexibility index (Phi) is 3.67. The minimum absolute atomic E-state index is 0.178. The summed E-state index contributed by atoms with van der Waals surface area (Å²) in [6, 6.07) is 0. The summed E-state index contributed by atoms with van der Waals surface area (Å²) in [7, 11) is 0. The van der Waals surface area contributed by atoms with E-state index in [9.17, 15) is 0 Å². The summed E-state index contributed by atoms with van der Waals surface area (Å²) in [5.74, 6) is 0. The summed E-state index contributed by atoms with van der Waals surface area (Å²) in [6.07, 6.45) is 7.27. The van der Waals surface area contributed by atoms with E-state index in [0.717, 1.165) is 0 Å². The Balaban J connectivity index is 2.40. The van der Waals surface area contributed by atoms with Gasteiger partial charge in [0.25, 0.3) is 0 Å². The van der Waals surface area contributed by atoms with E-state index in [1.54, 1.807) is 6.20 Å². The predicted octanol–water partition coefficient (Wildman–Crippen LogP) is -0.381. The fourth-order valence-electron chi connectivity index (χ4n) is 1.04. The average Bonchev–Trinajstić information content (AvgIpc) is 2.61. The fourth-order valence-corrected chi connectivity index (χ4v) is 1.04. The van der Waals surface area contributed by atoms with Crippen molar-refractivity contribution in [1.29, 1.82) is 0 Å². The lowest BCUT2D eigenvalue weighted by atomic mass is 10.3. The molecule has 1 rings (SSSR count). The third-order valence-electron chi connectivity index (χ3n) is 1.85. The Morgan fingerprint density at radius 2 is 2.38 bits per heavy atom. The number of imidazole rings is 1. The third kappa shape index (κ3) is 3.01. The van der Waals surface area contributed by atoms with Crippen LogP contribution < -0.4 is 4.57 Å². The predicted molar refractivity (Wildman–Crippen MR) is 48.7 cm³/mol. The maximum Gasteiger partial charge on any atom is 0.248 e. The van der Waals surface area contributed by atoms with Gasteiger partial charge in [0.15, 0.2) is 0 Å². The molecule has 1 atom stereocenters. The molecule has 1 heterocycles. The fraction of sp³-hybridized carbons (Fsp3) is 0.444. The molecule has 4 nitrogen and oxygen atoms in total. The minimum Gasteiger partial charge on any atom is -0.394 e. The first kappa shape index (κ1) is 9.95. The van der Waals surface area contributed by atoms with Crippen LogP contribution in [0.15, 0.2) is 25.3 Å². The molecule has 0 radical (unpaired) electrons. The van der Waals surface area contributed by atoms with Gasteiger partial charge in [-0.2, -0.15) is 0 Å². The van der Waals surface area contributed by atoms with Gasteiger partial charge in [-0.1, -0.05) is 6.58 Å². The molecule has 1 aromatic rings. The number of aliphatic hydroxyl groups excluding tert-OH is 2. The molecular formula is C9H15N2O2+. The molecule has 0 bridgehead atoms. The molecule has 4 heteroatoms. The van der Waals surface area contributed by atoms with Crippen molar-refractivity contribution in [3.8, 4) is 0 Å². The molecule has 0 saturated carbocycles. The van der Waals surface area contributed by atoms with Crippen LogP contribution in [0.1, 0.15) is 6.42 Å². The summed E-state index contributed by atoms with van der Waals surface area (Å²) in [6.45, 7) is 4.14. The van der Waals surface area contributed by atoms with Crippen molar-refractivity contribution in [3.63, 3.8) is 0 Å². The third-order valence-corrected chi connectivity index (χ3v) is 1.85. The zero-order chi connectivity index (χ0) is 9.68. The summed E-state index contributed by atoms with van der Waals surface area (Å²) >= 11 is 0. The van der Waals surface area contributed by atoms with E-state index in [2.05, 4.69) is 6.58 Å². The standard InChI is InChI=1S/C9H15N2O2/c1-2-10-5-6-11(8-10)4-3-9(13)7-12/h2,5-6,8-9,12-13H,1,3-4,7H2/q+1. The first-order valence-corrected chi connectivity index (χ1v) is 4.24. The first-order chi connectivity index (χ1) is 6.26. The molecule has 1 unspecified atom stereocenters. The van der Waals surface area contributed by atoms with Crippen LogP contribution in [0, 0.1) is 0 Å². The lowest BCUT2D eigenvalue weighted by Gasteiger charge is -2.03. The normalized spacial score (nSPS) is 12.8. The van der Waals surface area contributed by atoms with Gasteiger partial charge in [-0.05, 0) is 0 Å². The van der Waals surface area contributed by atoms with Crippen molar-refractivity contribution in [2.45, 2.75) is 19.1 Å². The molecule has 0 aliphatic rings. The maximum atomic E-state index is 9.09.